The van der Waals surface area contributed by atoms with E-state index in [-0.39, 0.29) is 0 Å². The molecule has 0 radical (unpaired) electrons. The summed E-state index contributed by atoms with van der Waals surface area (Å²) in [6.07, 6.45) is 6.52. The molecule has 1 aliphatic heterocycles. The summed E-state index contributed by atoms with van der Waals surface area (Å²) in [4.78, 5) is 12.6. The van der Waals surface area contributed by atoms with Crippen molar-refractivity contribution < 1.29 is 9.90 Å². The molecule has 1 aliphatic rings. The number of likely N-dealkylation sites (tertiary alicyclic amines) is 1. The van der Waals surface area contributed by atoms with E-state index in [1.807, 2.05) is 0 Å². The van der Waals surface area contributed by atoms with Gasteiger partial charge in [-0.3, -0.25) is 0 Å². The van der Waals surface area contributed by atoms with Crippen molar-refractivity contribution in [2.75, 3.05) is 13.1 Å². The van der Waals surface area contributed by atoms with Gasteiger partial charge in [0.05, 0.1) is 0 Å². The van der Waals surface area contributed by atoms with Crippen LogP contribution in [-0.4, -0.2) is 29.1 Å². The Morgan fingerprint density at radius 1 is 1.31 bits per heavy atom. The summed E-state index contributed by atoms with van der Waals surface area (Å²) < 4.78 is 0. The lowest BCUT2D eigenvalue weighted by Gasteiger charge is -2.29. The van der Waals surface area contributed by atoms with Crippen molar-refractivity contribution in [2.45, 2.75) is 40.0 Å². The van der Waals surface area contributed by atoms with E-state index in [1.165, 1.54) is 12.5 Å². The molecule has 0 aromatic rings. The maximum absolute atomic E-state index is 10.4. The van der Waals surface area contributed by atoms with Crippen LogP contribution in [0.2, 0.25) is 0 Å². The van der Waals surface area contributed by atoms with Crippen molar-refractivity contribution in [1.82, 2.24) is 4.90 Å². The Balaban J connectivity index is 2.50. The van der Waals surface area contributed by atoms with Gasteiger partial charge >= 0.3 is 5.97 Å². The van der Waals surface area contributed by atoms with Crippen LogP contribution in [0.1, 0.15) is 40.0 Å². The molecule has 16 heavy (non-hydrogen) atoms. The Morgan fingerprint density at radius 3 is 2.56 bits per heavy atom. The molecule has 1 unspecified atom stereocenters. The predicted molar refractivity (Wildman–Crippen MR) is 65.1 cm³/mol. The first-order chi connectivity index (χ1) is 7.39. The topological polar surface area (TPSA) is 40.5 Å². The number of aliphatic carboxylic acids is 1. The SMILES string of the molecule is CC(C)(C)C1CCCN(C=CC(=O)O)CC1. The van der Waals surface area contributed by atoms with Crippen LogP contribution in [0.25, 0.3) is 0 Å². The van der Waals surface area contributed by atoms with Crippen molar-refractivity contribution in [1.29, 1.82) is 0 Å². The molecule has 0 aromatic carbocycles. The van der Waals surface area contributed by atoms with E-state index in [9.17, 15) is 4.79 Å². The van der Waals surface area contributed by atoms with Gasteiger partial charge in [0.1, 0.15) is 0 Å². The fraction of sp³-hybridized carbons (Fsp3) is 0.769. The largest absolute Gasteiger partial charge is 0.478 e. The number of hydrogen-bond acceptors (Lipinski definition) is 2. The van der Waals surface area contributed by atoms with Gasteiger partial charge in [0.15, 0.2) is 0 Å². The number of carbonyl (C=O) groups is 1. The maximum Gasteiger partial charge on any atom is 0.329 e. The second-order valence-electron chi connectivity index (χ2n) is 5.68. The van der Waals surface area contributed by atoms with Crippen molar-refractivity contribution in [2.24, 2.45) is 11.3 Å². The number of hydrogen-bond donors (Lipinski definition) is 1. The van der Waals surface area contributed by atoms with Gasteiger partial charge < -0.3 is 10.0 Å². The first-order valence-electron chi connectivity index (χ1n) is 6.05. The van der Waals surface area contributed by atoms with Gasteiger partial charge in [-0.1, -0.05) is 20.8 Å². The fourth-order valence-electron chi connectivity index (χ4n) is 2.30. The average molecular weight is 225 g/mol. The van der Waals surface area contributed by atoms with E-state index in [1.54, 1.807) is 6.20 Å². The zero-order valence-electron chi connectivity index (χ0n) is 10.6. The molecule has 1 atom stereocenters. The molecule has 0 amide bonds. The Morgan fingerprint density at radius 2 is 2.00 bits per heavy atom. The standard InChI is InChI=1S/C13H23NO2/c1-13(2,3)11-5-4-8-14(9-6-11)10-7-12(15)16/h7,10-11H,4-6,8-9H2,1-3H3,(H,15,16). The summed E-state index contributed by atoms with van der Waals surface area (Å²) in [5.41, 5.74) is 0.368. The summed E-state index contributed by atoms with van der Waals surface area (Å²) in [6, 6.07) is 0. The van der Waals surface area contributed by atoms with E-state index >= 15 is 0 Å². The van der Waals surface area contributed by atoms with Crippen LogP contribution >= 0.6 is 0 Å². The maximum atomic E-state index is 10.4. The Hall–Kier alpha value is -0.990. The van der Waals surface area contributed by atoms with Crippen molar-refractivity contribution in [3.63, 3.8) is 0 Å². The van der Waals surface area contributed by atoms with E-state index in [0.717, 1.165) is 31.8 Å². The highest BCUT2D eigenvalue weighted by molar-refractivity contribution is 5.79. The molecule has 0 aromatic heterocycles. The second kappa shape index (κ2) is 5.37. The van der Waals surface area contributed by atoms with Gasteiger partial charge in [-0.2, -0.15) is 0 Å². The predicted octanol–water partition coefficient (Wildman–Crippen LogP) is 2.73. The molecule has 92 valence electrons. The van der Waals surface area contributed by atoms with E-state index in [4.69, 9.17) is 5.11 Å². The Kier molecular flexibility index (Phi) is 4.39. The minimum absolute atomic E-state index is 0.368. The number of rotatable bonds is 2. The third-order valence-corrected chi connectivity index (χ3v) is 3.42. The quantitative estimate of drug-likeness (QED) is 0.735. The Labute approximate surface area is 98.1 Å². The zero-order chi connectivity index (χ0) is 12.2. The van der Waals surface area contributed by atoms with Gasteiger partial charge in [-0.15, -0.1) is 0 Å². The summed E-state index contributed by atoms with van der Waals surface area (Å²) in [6.45, 7) is 8.84. The normalized spacial score (nSPS) is 23.4. The van der Waals surface area contributed by atoms with Crippen LogP contribution in [0.5, 0.6) is 0 Å². The third kappa shape index (κ3) is 4.25. The van der Waals surface area contributed by atoms with Gasteiger partial charge in [-0.05, 0) is 30.6 Å². The van der Waals surface area contributed by atoms with E-state index in [2.05, 4.69) is 25.7 Å². The molecule has 0 aliphatic carbocycles. The summed E-state index contributed by atoms with van der Waals surface area (Å²) in [7, 11) is 0. The monoisotopic (exact) mass is 225 g/mol. The fourth-order valence-corrected chi connectivity index (χ4v) is 2.30. The van der Waals surface area contributed by atoms with Crippen LogP contribution in [0.3, 0.4) is 0 Å². The van der Waals surface area contributed by atoms with Crippen LogP contribution in [-0.2, 0) is 4.79 Å². The van der Waals surface area contributed by atoms with Crippen molar-refractivity contribution in [3.8, 4) is 0 Å². The summed E-state index contributed by atoms with van der Waals surface area (Å²) in [5.74, 6) is -0.118. The van der Waals surface area contributed by atoms with E-state index < -0.39 is 5.97 Å². The summed E-state index contributed by atoms with van der Waals surface area (Å²) in [5, 5.41) is 8.58. The molecule has 0 spiro atoms. The molecule has 0 saturated carbocycles. The first kappa shape index (κ1) is 13.1. The molecular formula is C13H23NO2. The molecule has 3 nitrogen and oxygen atoms in total. The molecule has 1 saturated heterocycles. The van der Waals surface area contributed by atoms with Gasteiger partial charge in [0, 0.05) is 25.4 Å². The smallest absolute Gasteiger partial charge is 0.329 e. The van der Waals surface area contributed by atoms with Crippen LogP contribution < -0.4 is 0 Å². The molecule has 1 fully saturated rings. The number of carboxylic acid groups (broad SMARTS) is 1. The van der Waals surface area contributed by atoms with Crippen LogP contribution in [0.15, 0.2) is 12.3 Å². The highest BCUT2D eigenvalue weighted by Gasteiger charge is 2.26. The van der Waals surface area contributed by atoms with Gasteiger partial charge in [0.25, 0.3) is 0 Å². The lowest BCUT2D eigenvalue weighted by molar-refractivity contribution is -0.131. The average Bonchev–Trinajstić information content (AvgIpc) is 2.38. The van der Waals surface area contributed by atoms with Crippen molar-refractivity contribution in [3.05, 3.63) is 12.3 Å². The molecular weight excluding hydrogens is 202 g/mol. The Bertz CT molecular complexity index is 266. The lowest BCUT2D eigenvalue weighted by Crippen LogP contribution is -2.22. The summed E-state index contributed by atoms with van der Waals surface area (Å²) >= 11 is 0. The van der Waals surface area contributed by atoms with Crippen LogP contribution in [0, 0.1) is 11.3 Å². The number of carboxylic acids is 1. The number of nitrogens with zero attached hydrogens (tertiary/aromatic N) is 1. The first-order valence-corrected chi connectivity index (χ1v) is 6.05. The minimum atomic E-state index is -0.864. The highest BCUT2D eigenvalue weighted by Crippen LogP contribution is 2.34. The second-order valence-corrected chi connectivity index (χ2v) is 5.68. The minimum Gasteiger partial charge on any atom is -0.478 e. The lowest BCUT2D eigenvalue weighted by atomic mass is 9.77. The zero-order valence-corrected chi connectivity index (χ0v) is 10.6. The van der Waals surface area contributed by atoms with Crippen molar-refractivity contribution >= 4 is 5.97 Å². The molecule has 0 bridgehead atoms. The molecule has 1 N–H and O–H groups in total. The third-order valence-electron chi connectivity index (χ3n) is 3.42. The van der Waals surface area contributed by atoms with Crippen LogP contribution in [0.4, 0.5) is 0 Å². The molecule has 1 heterocycles. The molecule has 3 heteroatoms. The molecule has 1 rings (SSSR count). The van der Waals surface area contributed by atoms with Gasteiger partial charge in [-0.25, -0.2) is 4.79 Å². The highest BCUT2D eigenvalue weighted by atomic mass is 16.4. The van der Waals surface area contributed by atoms with E-state index in [0.29, 0.717) is 5.41 Å². The van der Waals surface area contributed by atoms with Gasteiger partial charge in [0.2, 0.25) is 0 Å².